The molecule has 3 nitrogen and oxygen atoms in total. The first-order chi connectivity index (χ1) is 7.22. The van der Waals surface area contributed by atoms with E-state index in [1.165, 1.54) is 0 Å². The molecule has 0 aliphatic carbocycles. The Morgan fingerprint density at radius 2 is 1.93 bits per heavy atom. The highest BCUT2D eigenvalue weighted by Gasteiger charge is 1.97. The molecular weight excluding hydrogens is 188 g/mol. The Morgan fingerprint density at radius 1 is 1.27 bits per heavy atom. The van der Waals surface area contributed by atoms with Crippen molar-refractivity contribution in [3.8, 4) is 5.75 Å². The summed E-state index contributed by atoms with van der Waals surface area (Å²) in [5.41, 5.74) is 6.52. The molecule has 3 heteroatoms. The van der Waals surface area contributed by atoms with Gasteiger partial charge in [-0.05, 0) is 51.1 Å². The number of benzene rings is 1. The third-order valence-corrected chi connectivity index (χ3v) is 1.94. The number of rotatable bonds is 6. The maximum Gasteiger partial charge on any atom is 0.119 e. The highest BCUT2D eigenvalue weighted by atomic mass is 16.5. The van der Waals surface area contributed by atoms with E-state index in [9.17, 15) is 0 Å². The fourth-order valence-corrected chi connectivity index (χ4v) is 1.26. The summed E-state index contributed by atoms with van der Waals surface area (Å²) in [6.45, 7) is 5.68. The summed E-state index contributed by atoms with van der Waals surface area (Å²) in [5, 5.41) is 3.29. The second-order valence-electron chi connectivity index (χ2n) is 3.76. The number of hydrogen-bond donors (Lipinski definition) is 2. The molecule has 0 atom stereocenters. The van der Waals surface area contributed by atoms with Crippen LogP contribution in [-0.2, 0) is 0 Å². The van der Waals surface area contributed by atoms with E-state index in [1.54, 1.807) is 0 Å². The second-order valence-corrected chi connectivity index (χ2v) is 3.76. The Balaban J connectivity index is 2.42. The lowest BCUT2D eigenvalue weighted by atomic mass is 10.3. The van der Waals surface area contributed by atoms with E-state index in [-0.39, 0.29) is 6.10 Å². The molecule has 1 aromatic carbocycles. The Hall–Kier alpha value is -1.22. The van der Waals surface area contributed by atoms with Gasteiger partial charge in [0.05, 0.1) is 6.10 Å². The van der Waals surface area contributed by atoms with Gasteiger partial charge >= 0.3 is 0 Å². The molecule has 0 aliphatic heterocycles. The van der Waals surface area contributed by atoms with Gasteiger partial charge in [-0.15, -0.1) is 0 Å². The molecule has 0 heterocycles. The van der Waals surface area contributed by atoms with Crippen molar-refractivity contribution in [2.45, 2.75) is 26.4 Å². The summed E-state index contributed by atoms with van der Waals surface area (Å²) in [4.78, 5) is 0. The average Bonchev–Trinajstić information content (AvgIpc) is 2.20. The van der Waals surface area contributed by atoms with Crippen molar-refractivity contribution in [3.63, 3.8) is 0 Å². The summed E-state index contributed by atoms with van der Waals surface area (Å²) >= 11 is 0. The molecule has 3 N–H and O–H groups in total. The van der Waals surface area contributed by atoms with Crippen molar-refractivity contribution < 1.29 is 4.74 Å². The SMILES string of the molecule is CC(C)Oc1ccc(NCCCN)cc1. The van der Waals surface area contributed by atoms with Crippen LogP contribution in [0.4, 0.5) is 5.69 Å². The predicted molar refractivity (Wildman–Crippen MR) is 64.4 cm³/mol. The zero-order valence-electron chi connectivity index (χ0n) is 9.49. The lowest BCUT2D eigenvalue weighted by Crippen LogP contribution is -2.08. The minimum absolute atomic E-state index is 0.223. The third kappa shape index (κ3) is 4.70. The van der Waals surface area contributed by atoms with Crippen LogP contribution in [0.5, 0.6) is 5.75 Å². The molecule has 0 radical (unpaired) electrons. The third-order valence-electron chi connectivity index (χ3n) is 1.94. The Kier molecular flexibility index (Phi) is 4.98. The van der Waals surface area contributed by atoms with E-state index in [0.717, 1.165) is 30.9 Å². The molecule has 0 unspecified atom stereocenters. The number of nitrogens with two attached hydrogens (primary N) is 1. The van der Waals surface area contributed by atoms with Crippen LogP contribution in [-0.4, -0.2) is 19.2 Å². The normalized spacial score (nSPS) is 10.4. The van der Waals surface area contributed by atoms with Crippen LogP contribution in [0.3, 0.4) is 0 Å². The van der Waals surface area contributed by atoms with Crippen LogP contribution in [0.25, 0.3) is 0 Å². The van der Waals surface area contributed by atoms with Gasteiger partial charge in [0.1, 0.15) is 5.75 Å². The fraction of sp³-hybridized carbons (Fsp3) is 0.500. The smallest absolute Gasteiger partial charge is 0.119 e. The van der Waals surface area contributed by atoms with E-state index in [2.05, 4.69) is 5.32 Å². The molecule has 0 saturated carbocycles. The van der Waals surface area contributed by atoms with Gasteiger partial charge in [-0.1, -0.05) is 0 Å². The highest BCUT2D eigenvalue weighted by Crippen LogP contribution is 2.16. The lowest BCUT2D eigenvalue weighted by Gasteiger charge is -2.10. The number of nitrogens with one attached hydrogen (secondary N) is 1. The van der Waals surface area contributed by atoms with Gasteiger partial charge in [-0.25, -0.2) is 0 Å². The van der Waals surface area contributed by atoms with Gasteiger partial charge in [0, 0.05) is 12.2 Å². The van der Waals surface area contributed by atoms with Crippen LogP contribution in [0.15, 0.2) is 24.3 Å². The van der Waals surface area contributed by atoms with E-state index >= 15 is 0 Å². The Labute approximate surface area is 91.6 Å². The molecule has 84 valence electrons. The van der Waals surface area contributed by atoms with Crippen LogP contribution in [0, 0.1) is 0 Å². The van der Waals surface area contributed by atoms with Gasteiger partial charge in [-0.3, -0.25) is 0 Å². The van der Waals surface area contributed by atoms with Crippen molar-refractivity contribution >= 4 is 5.69 Å². The molecule has 0 aliphatic rings. The van der Waals surface area contributed by atoms with Gasteiger partial charge in [0.2, 0.25) is 0 Å². The first-order valence-corrected chi connectivity index (χ1v) is 5.43. The molecule has 15 heavy (non-hydrogen) atoms. The standard InChI is InChI=1S/C12H20N2O/c1-10(2)15-12-6-4-11(5-7-12)14-9-3-8-13/h4-7,10,14H,3,8-9,13H2,1-2H3. The highest BCUT2D eigenvalue weighted by molar-refractivity contribution is 5.46. The fourth-order valence-electron chi connectivity index (χ4n) is 1.26. The van der Waals surface area contributed by atoms with Crippen LogP contribution >= 0.6 is 0 Å². The minimum Gasteiger partial charge on any atom is -0.491 e. The maximum absolute atomic E-state index is 5.55. The van der Waals surface area contributed by atoms with Crippen molar-refractivity contribution in [2.24, 2.45) is 5.73 Å². The Morgan fingerprint density at radius 3 is 2.47 bits per heavy atom. The first-order valence-electron chi connectivity index (χ1n) is 5.43. The minimum atomic E-state index is 0.223. The number of anilines is 1. The maximum atomic E-state index is 5.55. The van der Waals surface area contributed by atoms with Crippen molar-refractivity contribution in [1.82, 2.24) is 0 Å². The van der Waals surface area contributed by atoms with E-state index in [1.807, 2.05) is 38.1 Å². The van der Waals surface area contributed by atoms with Gasteiger partial charge in [0.25, 0.3) is 0 Å². The monoisotopic (exact) mass is 208 g/mol. The molecule has 0 bridgehead atoms. The van der Waals surface area contributed by atoms with Gasteiger partial charge in [0.15, 0.2) is 0 Å². The van der Waals surface area contributed by atoms with Gasteiger partial charge < -0.3 is 15.8 Å². The summed E-state index contributed by atoms with van der Waals surface area (Å²) in [6, 6.07) is 8.00. The van der Waals surface area contributed by atoms with Crippen LogP contribution in [0.2, 0.25) is 0 Å². The quantitative estimate of drug-likeness (QED) is 0.705. The number of ether oxygens (including phenoxy) is 1. The Bertz CT molecular complexity index is 269. The zero-order valence-corrected chi connectivity index (χ0v) is 9.49. The average molecular weight is 208 g/mol. The molecule has 0 amide bonds. The second kappa shape index (κ2) is 6.30. The van der Waals surface area contributed by atoms with E-state index in [0.29, 0.717) is 0 Å². The number of hydrogen-bond acceptors (Lipinski definition) is 3. The molecule has 0 spiro atoms. The predicted octanol–water partition coefficient (Wildman–Crippen LogP) is 2.23. The first kappa shape index (κ1) is 11.9. The molecule has 0 saturated heterocycles. The van der Waals surface area contributed by atoms with Crippen LogP contribution in [0.1, 0.15) is 20.3 Å². The molecular formula is C12H20N2O. The van der Waals surface area contributed by atoms with Gasteiger partial charge in [-0.2, -0.15) is 0 Å². The summed E-state index contributed by atoms with van der Waals surface area (Å²) in [5.74, 6) is 0.911. The molecule has 0 aromatic heterocycles. The molecule has 1 aromatic rings. The van der Waals surface area contributed by atoms with E-state index < -0.39 is 0 Å². The van der Waals surface area contributed by atoms with Crippen molar-refractivity contribution in [1.29, 1.82) is 0 Å². The lowest BCUT2D eigenvalue weighted by molar-refractivity contribution is 0.242. The van der Waals surface area contributed by atoms with E-state index in [4.69, 9.17) is 10.5 Å². The zero-order chi connectivity index (χ0) is 11.1. The van der Waals surface area contributed by atoms with Crippen LogP contribution < -0.4 is 15.8 Å². The summed E-state index contributed by atoms with van der Waals surface area (Å²) in [7, 11) is 0. The topological polar surface area (TPSA) is 47.3 Å². The van der Waals surface area contributed by atoms with Crippen molar-refractivity contribution in [2.75, 3.05) is 18.4 Å². The summed E-state index contributed by atoms with van der Waals surface area (Å²) < 4.78 is 5.55. The van der Waals surface area contributed by atoms with Crippen molar-refractivity contribution in [3.05, 3.63) is 24.3 Å². The molecule has 0 fully saturated rings. The largest absolute Gasteiger partial charge is 0.491 e. The molecule has 1 rings (SSSR count). The summed E-state index contributed by atoms with van der Waals surface area (Å²) in [6.07, 6.45) is 1.21.